The monoisotopic (exact) mass is 335 g/mol. The van der Waals surface area contributed by atoms with Crippen molar-refractivity contribution in [2.45, 2.75) is 19.4 Å². The molecule has 0 radical (unpaired) electrons. The second kappa shape index (κ2) is 5.83. The van der Waals surface area contributed by atoms with Crippen LogP contribution in [-0.2, 0) is 0 Å². The summed E-state index contributed by atoms with van der Waals surface area (Å²) < 4.78 is 0.985. The number of rotatable bonds is 4. The molecule has 0 saturated heterocycles. The van der Waals surface area contributed by atoms with E-state index in [2.05, 4.69) is 37.7 Å². The topological polar surface area (TPSA) is 87.6 Å². The number of aromatic nitrogens is 2. The first-order valence-electron chi connectivity index (χ1n) is 4.71. The third-order valence-electron chi connectivity index (χ3n) is 2.22. The summed E-state index contributed by atoms with van der Waals surface area (Å²) >= 11 is 2.15. The molecule has 1 unspecified atom stereocenters. The van der Waals surface area contributed by atoms with Crippen LogP contribution < -0.4 is 10.6 Å². The van der Waals surface area contributed by atoms with Gasteiger partial charge in [-0.2, -0.15) is 0 Å². The van der Waals surface area contributed by atoms with E-state index in [0.29, 0.717) is 12.4 Å². The molecule has 1 aromatic rings. The molecule has 0 aliphatic carbocycles. The lowest BCUT2D eigenvalue weighted by Crippen LogP contribution is -2.34. The zero-order chi connectivity index (χ0) is 12.1. The van der Waals surface area contributed by atoms with Gasteiger partial charge in [0.1, 0.15) is 5.84 Å². The van der Waals surface area contributed by atoms with Crippen molar-refractivity contribution in [3.05, 3.63) is 16.0 Å². The van der Waals surface area contributed by atoms with Crippen LogP contribution in [0.4, 0.5) is 5.95 Å². The number of halogens is 1. The van der Waals surface area contributed by atoms with Crippen molar-refractivity contribution in [1.82, 2.24) is 9.97 Å². The van der Waals surface area contributed by atoms with Crippen molar-refractivity contribution in [1.29, 1.82) is 0 Å². The fourth-order valence-corrected chi connectivity index (χ4v) is 1.44. The highest BCUT2D eigenvalue weighted by atomic mass is 127. The normalized spacial score (nSPS) is 13.6. The molecule has 16 heavy (non-hydrogen) atoms. The second-order valence-electron chi connectivity index (χ2n) is 3.46. The van der Waals surface area contributed by atoms with Crippen LogP contribution in [0, 0.1) is 3.57 Å². The summed E-state index contributed by atoms with van der Waals surface area (Å²) in [5, 5.41) is 11.4. The Hall–Kier alpha value is -1.12. The molecule has 7 heteroatoms. The van der Waals surface area contributed by atoms with Gasteiger partial charge in [-0.15, -0.1) is 0 Å². The molecule has 0 aliphatic rings. The Morgan fingerprint density at radius 2 is 2.19 bits per heavy atom. The third kappa shape index (κ3) is 3.47. The van der Waals surface area contributed by atoms with E-state index in [1.54, 1.807) is 12.4 Å². The van der Waals surface area contributed by atoms with Crippen LogP contribution >= 0.6 is 22.6 Å². The fourth-order valence-electron chi connectivity index (χ4n) is 1.17. The molecule has 88 valence electrons. The number of oxime groups is 1. The Labute approximate surface area is 108 Å². The maximum absolute atomic E-state index is 8.48. The van der Waals surface area contributed by atoms with E-state index in [0.717, 1.165) is 3.57 Å². The van der Waals surface area contributed by atoms with Crippen LogP contribution in [0.3, 0.4) is 0 Å². The standard InChI is InChI=1S/C9H14IN5O/c1-6(3-8(11)14-16)15(2)9-12-4-7(10)5-13-9/h4-6,16H,3H2,1-2H3,(H2,11,14). The van der Waals surface area contributed by atoms with Crippen molar-refractivity contribution in [3.8, 4) is 0 Å². The van der Waals surface area contributed by atoms with Gasteiger partial charge in [0.25, 0.3) is 0 Å². The molecular formula is C9H14IN5O. The van der Waals surface area contributed by atoms with E-state index in [4.69, 9.17) is 10.9 Å². The second-order valence-corrected chi connectivity index (χ2v) is 4.70. The summed E-state index contributed by atoms with van der Waals surface area (Å²) in [5.41, 5.74) is 5.45. The molecule has 0 spiro atoms. The van der Waals surface area contributed by atoms with Gasteiger partial charge in [0.2, 0.25) is 5.95 Å². The minimum Gasteiger partial charge on any atom is -0.409 e. The Balaban J connectivity index is 2.70. The first kappa shape index (κ1) is 12.9. The summed E-state index contributed by atoms with van der Waals surface area (Å²) in [6.45, 7) is 1.96. The fraction of sp³-hybridized carbons (Fsp3) is 0.444. The van der Waals surface area contributed by atoms with Crippen molar-refractivity contribution < 1.29 is 5.21 Å². The van der Waals surface area contributed by atoms with Crippen molar-refractivity contribution in [2.75, 3.05) is 11.9 Å². The molecule has 1 aromatic heterocycles. The van der Waals surface area contributed by atoms with E-state index >= 15 is 0 Å². The van der Waals surface area contributed by atoms with Gasteiger partial charge in [-0.1, -0.05) is 5.16 Å². The maximum atomic E-state index is 8.48. The summed E-state index contributed by atoms with van der Waals surface area (Å²) in [4.78, 5) is 10.3. The summed E-state index contributed by atoms with van der Waals surface area (Å²) in [6, 6.07) is 0.0657. The molecule has 6 nitrogen and oxygen atoms in total. The zero-order valence-corrected chi connectivity index (χ0v) is 11.3. The van der Waals surface area contributed by atoms with Gasteiger partial charge >= 0.3 is 0 Å². The first-order valence-corrected chi connectivity index (χ1v) is 5.79. The van der Waals surface area contributed by atoms with Crippen LogP contribution in [-0.4, -0.2) is 34.1 Å². The molecule has 1 rings (SSSR count). The zero-order valence-electron chi connectivity index (χ0n) is 9.13. The van der Waals surface area contributed by atoms with E-state index in [9.17, 15) is 0 Å². The average Bonchev–Trinajstić information content (AvgIpc) is 2.28. The number of nitrogens with two attached hydrogens (primary N) is 1. The van der Waals surface area contributed by atoms with E-state index < -0.39 is 0 Å². The molecular weight excluding hydrogens is 321 g/mol. The molecule has 1 atom stereocenters. The molecule has 0 aliphatic heterocycles. The SMILES string of the molecule is CC(CC(N)=NO)N(C)c1ncc(I)cn1. The smallest absolute Gasteiger partial charge is 0.225 e. The Bertz CT molecular complexity index is 367. The number of nitrogens with zero attached hydrogens (tertiary/aromatic N) is 4. The van der Waals surface area contributed by atoms with Crippen LogP contribution in [0.5, 0.6) is 0 Å². The van der Waals surface area contributed by atoms with Crippen LogP contribution in [0.1, 0.15) is 13.3 Å². The van der Waals surface area contributed by atoms with Gasteiger partial charge in [0.05, 0.1) is 0 Å². The van der Waals surface area contributed by atoms with Crippen molar-refractivity contribution in [3.63, 3.8) is 0 Å². The number of anilines is 1. The largest absolute Gasteiger partial charge is 0.409 e. The van der Waals surface area contributed by atoms with Gasteiger partial charge in [0, 0.05) is 35.5 Å². The first-order chi connectivity index (χ1) is 7.54. The average molecular weight is 335 g/mol. The number of hydrogen-bond acceptors (Lipinski definition) is 5. The third-order valence-corrected chi connectivity index (χ3v) is 2.77. The minimum absolute atomic E-state index is 0.0657. The lowest BCUT2D eigenvalue weighted by Gasteiger charge is -2.24. The van der Waals surface area contributed by atoms with Gasteiger partial charge in [-0.3, -0.25) is 0 Å². The van der Waals surface area contributed by atoms with E-state index in [1.807, 2.05) is 18.9 Å². The van der Waals surface area contributed by atoms with Gasteiger partial charge < -0.3 is 15.8 Å². The highest BCUT2D eigenvalue weighted by molar-refractivity contribution is 14.1. The minimum atomic E-state index is 0.0657. The highest BCUT2D eigenvalue weighted by Gasteiger charge is 2.13. The molecule has 1 heterocycles. The molecule has 0 amide bonds. The Kier molecular flexibility index (Phi) is 4.71. The quantitative estimate of drug-likeness (QED) is 0.282. The Morgan fingerprint density at radius 3 is 2.69 bits per heavy atom. The lowest BCUT2D eigenvalue weighted by atomic mass is 10.2. The van der Waals surface area contributed by atoms with E-state index in [1.165, 1.54) is 0 Å². The van der Waals surface area contributed by atoms with Gasteiger partial charge in [0.15, 0.2) is 0 Å². The Morgan fingerprint density at radius 1 is 1.62 bits per heavy atom. The highest BCUT2D eigenvalue weighted by Crippen LogP contribution is 2.11. The molecule has 0 aromatic carbocycles. The van der Waals surface area contributed by atoms with E-state index in [-0.39, 0.29) is 11.9 Å². The van der Waals surface area contributed by atoms with Gasteiger partial charge in [-0.05, 0) is 29.5 Å². The number of hydrogen-bond donors (Lipinski definition) is 2. The van der Waals surface area contributed by atoms with Crippen LogP contribution in [0.2, 0.25) is 0 Å². The molecule has 0 saturated carbocycles. The van der Waals surface area contributed by atoms with Crippen LogP contribution in [0.25, 0.3) is 0 Å². The molecule has 0 bridgehead atoms. The van der Waals surface area contributed by atoms with Gasteiger partial charge in [-0.25, -0.2) is 9.97 Å². The summed E-state index contributed by atoms with van der Waals surface area (Å²) in [6.07, 6.45) is 3.95. The molecule has 3 N–H and O–H groups in total. The number of amidine groups is 1. The van der Waals surface area contributed by atoms with Crippen LogP contribution in [0.15, 0.2) is 17.5 Å². The summed E-state index contributed by atoms with van der Waals surface area (Å²) in [7, 11) is 1.87. The lowest BCUT2D eigenvalue weighted by molar-refractivity contribution is 0.316. The summed E-state index contributed by atoms with van der Waals surface area (Å²) in [5.74, 6) is 0.823. The predicted octanol–water partition coefficient (Wildman–Crippen LogP) is 1.04. The van der Waals surface area contributed by atoms with Crippen molar-refractivity contribution in [2.24, 2.45) is 10.9 Å². The maximum Gasteiger partial charge on any atom is 0.225 e. The predicted molar refractivity (Wildman–Crippen MR) is 70.6 cm³/mol. The molecule has 0 fully saturated rings. The van der Waals surface area contributed by atoms with Crippen molar-refractivity contribution >= 4 is 34.4 Å².